The van der Waals surface area contributed by atoms with E-state index in [0.29, 0.717) is 0 Å². The van der Waals surface area contributed by atoms with Crippen LogP contribution in [0.1, 0.15) is 10.4 Å². The van der Waals surface area contributed by atoms with Crippen LogP contribution in [0.2, 0.25) is 0 Å². The van der Waals surface area contributed by atoms with Gasteiger partial charge in [0, 0.05) is 41.6 Å². The van der Waals surface area contributed by atoms with Gasteiger partial charge in [0.2, 0.25) is 0 Å². The molecule has 0 N–H and O–H groups in total. The molecule has 0 radical (unpaired) electrons. The van der Waals surface area contributed by atoms with Crippen LogP contribution in [0.15, 0.2) is 71.6 Å². The molecule has 0 amide bonds. The van der Waals surface area contributed by atoms with Crippen molar-refractivity contribution < 1.29 is 14.5 Å². The highest BCUT2D eigenvalue weighted by atomic mass is 35.5. The highest BCUT2D eigenvalue weighted by Gasteiger charge is 2.11. The Balaban J connectivity index is 0.000000187. The summed E-state index contributed by atoms with van der Waals surface area (Å²) >= 11 is 7.05. The number of nitro benzene ring substituents is 1. The molecule has 30 heavy (non-hydrogen) atoms. The molecule has 156 valence electrons. The summed E-state index contributed by atoms with van der Waals surface area (Å²) < 4.78 is 5.37. The molecule has 0 unspecified atom stereocenters. The van der Waals surface area contributed by atoms with E-state index >= 15 is 0 Å². The summed E-state index contributed by atoms with van der Waals surface area (Å²) in [5.41, 5.74) is 0.193. The summed E-state index contributed by atoms with van der Waals surface area (Å²) in [5.74, 6) is 1.05. The number of ether oxygens (including phenoxy) is 1. The lowest BCUT2D eigenvalue weighted by molar-refractivity contribution is -0.384. The van der Waals surface area contributed by atoms with Gasteiger partial charge in [0.05, 0.1) is 18.1 Å². The Morgan fingerprint density at radius 3 is 2.37 bits per heavy atom. The Morgan fingerprint density at radius 2 is 1.70 bits per heavy atom. The molecule has 6 nitrogen and oxygen atoms in total. The van der Waals surface area contributed by atoms with Gasteiger partial charge in [-0.15, -0.1) is 11.8 Å². The minimum atomic E-state index is -0.620. The lowest BCUT2D eigenvalue weighted by atomic mass is 10.1. The summed E-state index contributed by atoms with van der Waals surface area (Å²) in [6, 6.07) is 20.2. The molecule has 0 atom stereocenters. The molecule has 0 aliphatic carbocycles. The highest BCUT2D eigenvalue weighted by molar-refractivity contribution is 7.99. The number of nitro groups is 1. The monoisotopic (exact) mass is 444 g/mol. The maximum absolute atomic E-state index is 10.5. The minimum Gasteiger partial charge on any atom is -0.379 e. The maximum Gasteiger partial charge on any atom is 0.269 e. The molecule has 0 spiro atoms. The normalized spacial score (nSPS) is 14.0. The van der Waals surface area contributed by atoms with Crippen LogP contribution in [0.25, 0.3) is 10.8 Å². The van der Waals surface area contributed by atoms with Crippen LogP contribution in [0.3, 0.4) is 0 Å². The summed E-state index contributed by atoms with van der Waals surface area (Å²) in [5, 5.41) is 12.2. The molecule has 0 bridgehead atoms. The van der Waals surface area contributed by atoms with Gasteiger partial charge in [-0.25, -0.2) is 0 Å². The number of carbonyl (C=O) groups is 1. The maximum atomic E-state index is 10.5. The van der Waals surface area contributed by atoms with Gasteiger partial charge < -0.3 is 4.74 Å². The fourth-order valence-electron chi connectivity index (χ4n) is 2.93. The lowest BCUT2D eigenvalue weighted by Crippen LogP contribution is -2.35. The van der Waals surface area contributed by atoms with Crippen LogP contribution in [-0.2, 0) is 4.74 Å². The molecule has 1 heterocycles. The van der Waals surface area contributed by atoms with E-state index in [-0.39, 0.29) is 11.3 Å². The average molecular weight is 445 g/mol. The Kier molecular flexibility index (Phi) is 8.21. The van der Waals surface area contributed by atoms with Crippen molar-refractivity contribution in [2.24, 2.45) is 0 Å². The average Bonchev–Trinajstić information content (AvgIpc) is 2.79. The third-order valence-electron chi connectivity index (χ3n) is 4.56. The SMILES string of the molecule is O=C(Cl)c1ccc([N+](=O)[O-])cc1.c1ccc2c(SCN3CCOCC3)cccc2c1. The number of thioether (sulfide) groups is 1. The Hall–Kier alpha value is -2.45. The highest BCUT2D eigenvalue weighted by Crippen LogP contribution is 2.28. The molecule has 4 rings (SSSR count). The van der Waals surface area contributed by atoms with E-state index in [4.69, 9.17) is 16.3 Å². The molecule has 0 aromatic heterocycles. The number of non-ortho nitro benzene ring substituents is 1. The predicted molar refractivity (Wildman–Crippen MR) is 120 cm³/mol. The molecule has 1 fully saturated rings. The predicted octanol–water partition coefficient (Wildman–Crippen LogP) is 5.20. The van der Waals surface area contributed by atoms with E-state index in [1.807, 2.05) is 11.8 Å². The fourth-order valence-corrected chi connectivity index (χ4v) is 4.15. The summed E-state index contributed by atoms with van der Waals surface area (Å²) in [6.07, 6.45) is 0. The van der Waals surface area contributed by atoms with Crippen LogP contribution in [0.5, 0.6) is 0 Å². The molecule has 0 saturated carbocycles. The lowest BCUT2D eigenvalue weighted by Gasteiger charge is -2.26. The van der Waals surface area contributed by atoms with Crippen molar-refractivity contribution in [1.82, 2.24) is 4.90 Å². The van der Waals surface area contributed by atoms with Gasteiger partial charge in [-0.1, -0.05) is 36.4 Å². The van der Waals surface area contributed by atoms with Crippen LogP contribution in [0, 0.1) is 10.1 Å². The first-order valence-electron chi connectivity index (χ1n) is 9.39. The first kappa shape index (κ1) is 22.2. The van der Waals surface area contributed by atoms with E-state index in [1.165, 1.54) is 39.9 Å². The standard InChI is InChI=1S/C15H17NOS.C7H4ClNO3/c1-2-6-14-13(4-1)5-3-7-15(14)18-12-16-8-10-17-11-9-16;8-7(10)5-1-3-6(4-2-5)9(11)12/h1-7H,8-12H2;1-4H. The number of nitrogens with zero attached hydrogens (tertiary/aromatic N) is 2. The first-order chi connectivity index (χ1) is 14.5. The second-order valence-electron chi connectivity index (χ2n) is 6.56. The molecule has 1 aliphatic rings. The third-order valence-corrected chi connectivity index (χ3v) is 5.94. The molecular weight excluding hydrogens is 424 g/mol. The van der Waals surface area contributed by atoms with Crippen molar-refractivity contribution in [3.63, 3.8) is 0 Å². The largest absolute Gasteiger partial charge is 0.379 e. The van der Waals surface area contributed by atoms with Gasteiger partial charge in [0.1, 0.15) is 0 Å². The number of fused-ring (bicyclic) bond motifs is 1. The van der Waals surface area contributed by atoms with Crippen LogP contribution in [-0.4, -0.2) is 47.2 Å². The number of carbonyl (C=O) groups excluding carboxylic acids is 1. The first-order valence-corrected chi connectivity index (χ1v) is 10.8. The van der Waals surface area contributed by atoms with E-state index in [2.05, 4.69) is 47.4 Å². The number of rotatable bonds is 5. The van der Waals surface area contributed by atoms with Crippen LogP contribution < -0.4 is 0 Å². The van der Waals surface area contributed by atoms with Gasteiger partial charge in [0.15, 0.2) is 0 Å². The molecule has 3 aromatic rings. The van der Waals surface area contributed by atoms with Crippen LogP contribution >= 0.6 is 23.4 Å². The van der Waals surface area contributed by atoms with Crippen molar-refractivity contribution in [1.29, 1.82) is 0 Å². The quantitative estimate of drug-likeness (QED) is 0.233. The molecule has 1 saturated heterocycles. The fraction of sp³-hybridized carbons (Fsp3) is 0.227. The zero-order valence-electron chi connectivity index (χ0n) is 16.2. The van der Waals surface area contributed by atoms with Crippen molar-refractivity contribution >= 4 is 45.1 Å². The van der Waals surface area contributed by atoms with Crippen molar-refractivity contribution in [2.45, 2.75) is 4.90 Å². The number of morpholine rings is 1. The van der Waals surface area contributed by atoms with Crippen molar-refractivity contribution in [3.05, 3.63) is 82.4 Å². The van der Waals surface area contributed by atoms with Gasteiger partial charge >= 0.3 is 0 Å². The number of hydrogen-bond donors (Lipinski definition) is 0. The van der Waals surface area contributed by atoms with Crippen molar-refractivity contribution in [2.75, 3.05) is 32.2 Å². The zero-order chi connectivity index (χ0) is 21.3. The topological polar surface area (TPSA) is 72.7 Å². The number of benzene rings is 3. The summed E-state index contributed by atoms with van der Waals surface area (Å²) in [4.78, 5) is 24.0. The number of hydrogen-bond acceptors (Lipinski definition) is 6. The Labute approximate surface area is 183 Å². The zero-order valence-corrected chi connectivity index (χ0v) is 17.8. The third kappa shape index (κ3) is 6.27. The van der Waals surface area contributed by atoms with Crippen LogP contribution in [0.4, 0.5) is 5.69 Å². The number of halogens is 1. The van der Waals surface area contributed by atoms with Gasteiger partial charge in [-0.2, -0.15) is 0 Å². The Morgan fingerprint density at radius 1 is 1.03 bits per heavy atom. The van der Waals surface area contributed by atoms with Gasteiger partial charge in [0.25, 0.3) is 10.9 Å². The summed E-state index contributed by atoms with van der Waals surface area (Å²) in [6.45, 7) is 3.85. The molecular formula is C22H21ClN2O4S. The smallest absolute Gasteiger partial charge is 0.269 e. The van der Waals surface area contributed by atoms with Crippen molar-refractivity contribution in [3.8, 4) is 0 Å². The van der Waals surface area contributed by atoms with E-state index < -0.39 is 10.2 Å². The van der Waals surface area contributed by atoms with E-state index in [0.717, 1.165) is 32.2 Å². The Bertz CT molecular complexity index is 969. The molecule has 3 aromatic carbocycles. The second-order valence-corrected chi connectivity index (χ2v) is 7.89. The van der Waals surface area contributed by atoms with E-state index in [1.54, 1.807) is 0 Å². The van der Waals surface area contributed by atoms with Gasteiger partial charge in [-0.3, -0.25) is 19.8 Å². The molecule has 8 heteroatoms. The van der Waals surface area contributed by atoms with E-state index in [9.17, 15) is 14.9 Å². The summed E-state index contributed by atoms with van der Waals surface area (Å²) in [7, 11) is 0. The van der Waals surface area contributed by atoms with Gasteiger partial charge in [-0.05, 0) is 40.6 Å². The minimum absolute atomic E-state index is 0.0586. The molecule has 1 aliphatic heterocycles. The second kappa shape index (κ2) is 11.1.